The molecule has 2 heterocycles. The maximum atomic E-state index is 5.67. The first-order valence-electron chi connectivity index (χ1n) is 5.89. The topological polar surface area (TPSA) is 30.3 Å². The van der Waals surface area contributed by atoms with Gasteiger partial charge in [0.25, 0.3) is 0 Å². The lowest BCUT2D eigenvalue weighted by Crippen LogP contribution is -2.34. The van der Waals surface area contributed by atoms with Gasteiger partial charge in [-0.1, -0.05) is 13.8 Å². The van der Waals surface area contributed by atoms with Crippen LogP contribution in [0, 0.1) is 0 Å². The van der Waals surface area contributed by atoms with Gasteiger partial charge in [-0.15, -0.1) is 0 Å². The average Bonchev–Trinajstić information content (AvgIpc) is 2.89. The number of aryl methyl sites for hydroxylation is 1. The average molecular weight is 225 g/mol. The lowest BCUT2D eigenvalue weighted by molar-refractivity contribution is -0.0135. The molecule has 1 aromatic rings. The highest BCUT2D eigenvalue weighted by molar-refractivity contribution is 5.09. The molecule has 92 valence electrons. The van der Waals surface area contributed by atoms with Crippen molar-refractivity contribution in [2.24, 2.45) is 7.05 Å². The number of aromatic nitrogens is 2. The van der Waals surface area contributed by atoms with Crippen LogP contribution in [-0.4, -0.2) is 41.7 Å². The van der Waals surface area contributed by atoms with Crippen LogP contribution in [0.2, 0.25) is 0 Å². The molecule has 0 spiro atoms. The van der Waals surface area contributed by atoms with E-state index in [9.17, 15) is 0 Å². The highest BCUT2D eigenvalue weighted by atomic mass is 16.5. The Balaban J connectivity index is 0.000000606. The third kappa shape index (κ3) is 2.28. The van der Waals surface area contributed by atoms with E-state index in [1.165, 1.54) is 0 Å². The maximum absolute atomic E-state index is 5.67. The monoisotopic (exact) mass is 225 g/mol. The Bertz CT molecular complexity index is 324. The van der Waals surface area contributed by atoms with E-state index in [0.29, 0.717) is 0 Å². The molecular weight excluding hydrogens is 202 g/mol. The fourth-order valence-electron chi connectivity index (χ4n) is 2.21. The normalized spacial score (nSPS) is 25.3. The van der Waals surface area contributed by atoms with Crippen LogP contribution in [0.15, 0.2) is 12.4 Å². The molecule has 4 nitrogen and oxygen atoms in total. The van der Waals surface area contributed by atoms with Crippen LogP contribution >= 0.6 is 0 Å². The Labute approximate surface area is 98.2 Å². The van der Waals surface area contributed by atoms with Crippen LogP contribution in [-0.2, 0) is 17.4 Å². The Hall–Kier alpha value is -0.870. The van der Waals surface area contributed by atoms with Crippen molar-refractivity contribution in [3.05, 3.63) is 18.2 Å². The molecule has 0 amide bonds. The van der Waals surface area contributed by atoms with Crippen molar-refractivity contribution in [2.75, 3.05) is 27.2 Å². The van der Waals surface area contributed by atoms with Crippen LogP contribution in [0.25, 0.3) is 0 Å². The number of likely N-dealkylation sites (N-methyl/N-ethyl adjacent to an activating group) is 1. The molecule has 1 fully saturated rings. The largest absolute Gasteiger partial charge is 0.369 e. The Kier molecular flexibility index (Phi) is 4.50. The summed E-state index contributed by atoms with van der Waals surface area (Å²) in [5.74, 6) is 1.03. The first-order chi connectivity index (χ1) is 7.68. The van der Waals surface area contributed by atoms with E-state index in [0.717, 1.165) is 25.3 Å². The fourth-order valence-corrected chi connectivity index (χ4v) is 2.21. The summed E-state index contributed by atoms with van der Waals surface area (Å²) in [7, 11) is 5.90. The van der Waals surface area contributed by atoms with Gasteiger partial charge in [0.15, 0.2) is 0 Å². The van der Waals surface area contributed by atoms with Crippen molar-refractivity contribution in [3.8, 4) is 0 Å². The van der Waals surface area contributed by atoms with Crippen molar-refractivity contribution in [2.45, 2.75) is 25.9 Å². The predicted molar refractivity (Wildman–Crippen MR) is 65.4 cm³/mol. The molecule has 1 aromatic heterocycles. The number of imidazole rings is 1. The summed E-state index contributed by atoms with van der Waals surface area (Å²) in [6.45, 7) is 6.00. The first-order valence-corrected chi connectivity index (χ1v) is 5.89. The summed E-state index contributed by atoms with van der Waals surface area (Å²) in [6.07, 6.45) is 4.81. The minimum Gasteiger partial charge on any atom is -0.369 e. The van der Waals surface area contributed by atoms with Gasteiger partial charge in [0.1, 0.15) is 11.4 Å². The minimum atomic E-state index is -0.201. The van der Waals surface area contributed by atoms with E-state index < -0.39 is 0 Å². The number of likely N-dealkylation sites (tertiary alicyclic amines) is 1. The lowest BCUT2D eigenvalue weighted by atomic mass is 10.0. The highest BCUT2D eigenvalue weighted by Crippen LogP contribution is 2.33. The van der Waals surface area contributed by atoms with E-state index in [-0.39, 0.29) is 5.60 Å². The van der Waals surface area contributed by atoms with Gasteiger partial charge in [0.2, 0.25) is 0 Å². The second-order valence-corrected chi connectivity index (χ2v) is 4.05. The van der Waals surface area contributed by atoms with Crippen molar-refractivity contribution < 1.29 is 4.74 Å². The molecular formula is C12H23N3O. The molecule has 0 N–H and O–H groups in total. The predicted octanol–water partition coefficient (Wildman–Crippen LogP) is 1.62. The quantitative estimate of drug-likeness (QED) is 0.766. The fraction of sp³-hybridized carbons (Fsp3) is 0.750. The van der Waals surface area contributed by atoms with Crippen LogP contribution in [0.1, 0.15) is 26.1 Å². The van der Waals surface area contributed by atoms with Crippen LogP contribution in [0.4, 0.5) is 0 Å². The molecule has 1 saturated heterocycles. The molecule has 0 bridgehead atoms. The SMILES string of the molecule is CC.COC1(c2nccn2C)CCN(C)C1. The molecule has 1 atom stereocenters. The smallest absolute Gasteiger partial charge is 0.142 e. The number of methoxy groups -OCH3 is 1. The molecule has 2 rings (SSSR count). The van der Waals surface area contributed by atoms with Gasteiger partial charge in [-0.25, -0.2) is 4.98 Å². The molecule has 0 radical (unpaired) electrons. The Morgan fingerprint density at radius 1 is 1.38 bits per heavy atom. The summed E-state index contributed by atoms with van der Waals surface area (Å²) in [5, 5.41) is 0. The Morgan fingerprint density at radius 2 is 2.06 bits per heavy atom. The van der Waals surface area contributed by atoms with Crippen molar-refractivity contribution in [1.29, 1.82) is 0 Å². The van der Waals surface area contributed by atoms with E-state index in [1.807, 2.05) is 37.9 Å². The second kappa shape index (κ2) is 5.46. The molecule has 0 saturated carbocycles. The van der Waals surface area contributed by atoms with Crippen LogP contribution in [0.3, 0.4) is 0 Å². The third-order valence-corrected chi connectivity index (χ3v) is 3.04. The summed E-state index contributed by atoms with van der Waals surface area (Å²) in [4.78, 5) is 6.66. The van der Waals surface area contributed by atoms with Gasteiger partial charge in [0.05, 0.1) is 0 Å². The van der Waals surface area contributed by atoms with Gasteiger partial charge in [-0.2, -0.15) is 0 Å². The zero-order valence-corrected chi connectivity index (χ0v) is 11.0. The van der Waals surface area contributed by atoms with E-state index in [4.69, 9.17) is 4.74 Å². The van der Waals surface area contributed by atoms with E-state index >= 15 is 0 Å². The second-order valence-electron chi connectivity index (χ2n) is 4.05. The maximum Gasteiger partial charge on any atom is 0.142 e. The third-order valence-electron chi connectivity index (χ3n) is 3.04. The van der Waals surface area contributed by atoms with E-state index in [2.05, 4.69) is 16.9 Å². The minimum absolute atomic E-state index is 0.201. The molecule has 16 heavy (non-hydrogen) atoms. The molecule has 1 unspecified atom stereocenters. The van der Waals surface area contributed by atoms with Gasteiger partial charge in [0, 0.05) is 39.6 Å². The summed E-state index contributed by atoms with van der Waals surface area (Å²) >= 11 is 0. The summed E-state index contributed by atoms with van der Waals surface area (Å²) in [5.41, 5.74) is -0.201. The Morgan fingerprint density at radius 3 is 2.44 bits per heavy atom. The number of hydrogen-bond acceptors (Lipinski definition) is 3. The molecule has 1 aliphatic heterocycles. The number of hydrogen-bond donors (Lipinski definition) is 0. The summed E-state index contributed by atoms with van der Waals surface area (Å²) < 4.78 is 7.71. The first kappa shape index (κ1) is 13.2. The van der Waals surface area contributed by atoms with Crippen LogP contribution < -0.4 is 0 Å². The molecule has 0 aromatic carbocycles. The van der Waals surface area contributed by atoms with Gasteiger partial charge >= 0.3 is 0 Å². The number of rotatable bonds is 2. The number of nitrogens with zero attached hydrogens (tertiary/aromatic N) is 3. The van der Waals surface area contributed by atoms with Crippen LogP contribution in [0.5, 0.6) is 0 Å². The summed E-state index contributed by atoms with van der Waals surface area (Å²) in [6, 6.07) is 0. The lowest BCUT2D eigenvalue weighted by Gasteiger charge is -2.26. The van der Waals surface area contributed by atoms with Gasteiger partial charge in [-0.3, -0.25) is 0 Å². The zero-order chi connectivity index (χ0) is 12.2. The zero-order valence-electron chi connectivity index (χ0n) is 11.0. The molecule has 0 aliphatic carbocycles. The number of ether oxygens (including phenoxy) is 1. The standard InChI is InChI=1S/C10H17N3O.C2H6/c1-12-6-4-10(8-12,14-3)9-11-5-7-13(9)2;1-2/h5,7H,4,6,8H2,1-3H3;1-2H3. The van der Waals surface area contributed by atoms with Crippen molar-refractivity contribution in [1.82, 2.24) is 14.5 Å². The van der Waals surface area contributed by atoms with Gasteiger partial charge in [-0.05, 0) is 13.5 Å². The van der Waals surface area contributed by atoms with E-state index in [1.54, 1.807) is 7.11 Å². The van der Waals surface area contributed by atoms with Crippen molar-refractivity contribution in [3.63, 3.8) is 0 Å². The van der Waals surface area contributed by atoms with Gasteiger partial charge < -0.3 is 14.2 Å². The highest BCUT2D eigenvalue weighted by Gasteiger charge is 2.41. The molecule has 1 aliphatic rings. The van der Waals surface area contributed by atoms with Crippen molar-refractivity contribution >= 4 is 0 Å². The molecule has 4 heteroatoms.